The second kappa shape index (κ2) is 5.20. The Bertz CT molecular complexity index is 625. The van der Waals surface area contributed by atoms with Gasteiger partial charge in [0, 0.05) is 27.5 Å². The fraction of sp³-hybridized carbons (Fsp3) is 0.231. The van der Waals surface area contributed by atoms with Gasteiger partial charge in [0.25, 0.3) is 0 Å². The van der Waals surface area contributed by atoms with Crippen LogP contribution < -0.4 is 0 Å². The van der Waals surface area contributed by atoms with Crippen molar-refractivity contribution in [1.29, 1.82) is 0 Å². The minimum atomic E-state index is 0.00243. The number of halogens is 1. The number of thiophene rings is 1. The Morgan fingerprint density at radius 1 is 1.50 bits per heavy atom. The maximum Gasteiger partial charge on any atom is 0.189 e. The lowest BCUT2D eigenvalue weighted by Gasteiger charge is -1.96. The van der Waals surface area contributed by atoms with Crippen LogP contribution in [0, 0.1) is 13.8 Å². The summed E-state index contributed by atoms with van der Waals surface area (Å²) in [6, 6.07) is 1.98. The average molecular weight is 325 g/mol. The molecule has 2 aromatic rings. The third kappa shape index (κ3) is 2.62. The van der Waals surface area contributed by atoms with Crippen molar-refractivity contribution >= 4 is 39.1 Å². The number of hydrogen-bond acceptors (Lipinski definition) is 3. The van der Waals surface area contributed by atoms with Gasteiger partial charge in [-0.3, -0.25) is 9.48 Å². The molecule has 0 aliphatic heterocycles. The van der Waals surface area contributed by atoms with E-state index in [2.05, 4.69) is 21.0 Å². The molecule has 0 fully saturated rings. The van der Waals surface area contributed by atoms with Gasteiger partial charge in [-0.1, -0.05) is 0 Å². The van der Waals surface area contributed by atoms with Crippen LogP contribution in [0.4, 0.5) is 0 Å². The first-order chi connectivity index (χ1) is 8.49. The fourth-order valence-corrected chi connectivity index (χ4v) is 3.12. The number of aromatic nitrogens is 2. The van der Waals surface area contributed by atoms with Crippen LogP contribution in [0.25, 0.3) is 6.08 Å². The predicted octanol–water partition coefficient (Wildman–Crippen LogP) is 3.76. The fourth-order valence-electron chi connectivity index (χ4n) is 1.79. The van der Waals surface area contributed by atoms with Crippen LogP contribution in [-0.4, -0.2) is 15.6 Å². The van der Waals surface area contributed by atoms with E-state index in [1.54, 1.807) is 22.1 Å². The third-order valence-electron chi connectivity index (χ3n) is 2.74. The summed E-state index contributed by atoms with van der Waals surface area (Å²) in [4.78, 5) is 13.2. The van der Waals surface area contributed by atoms with E-state index in [-0.39, 0.29) is 5.78 Å². The van der Waals surface area contributed by atoms with Gasteiger partial charge in [-0.15, -0.1) is 11.3 Å². The van der Waals surface area contributed by atoms with Crippen LogP contribution >= 0.6 is 27.3 Å². The number of ketones is 1. The third-order valence-corrected chi connectivity index (χ3v) is 4.40. The van der Waals surface area contributed by atoms with Crippen LogP contribution in [0.15, 0.2) is 22.0 Å². The second-order valence-corrected chi connectivity index (χ2v) is 5.89. The molecule has 0 saturated carbocycles. The monoisotopic (exact) mass is 324 g/mol. The van der Waals surface area contributed by atoms with Gasteiger partial charge in [0.2, 0.25) is 0 Å². The van der Waals surface area contributed by atoms with Crippen molar-refractivity contribution in [3.8, 4) is 0 Å². The van der Waals surface area contributed by atoms with Crippen molar-refractivity contribution in [3.05, 3.63) is 43.8 Å². The number of hydrogen-bond donors (Lipinski definition) is 0. The molecule has 0 aromatic carbocycles. The Hall–Kier alpha value is -1.20. The summed E-state index contributed by atoms with van der Waals surface area (Å²) in [6.45, 7) is 3.76. The molecule has 94 valence electrons. The maximum atomic E-state index is 12.1. The van der Waals surface area contributed by atoms with Gasteiger partial charge in [0.05, 0.1) is 11.3 Å². The second-order valence-electron chi connectivity index (χ2n) is 4.03. The normalized spacial score (nSPS) is 11.3. The summed E-state index contributed by atoms with van der Waals surface area (Å²) < 4.78 is 2.77. The summed E-state index contributed by atoms with van der Waals surface area (Å²) >= 11 is 4.98. The molecule has 0 unspecified atom stereocenters. The van der Waals surface area contributed by atoms with E-state index in [9.17, 15) is 4.79 Å². The van der Waals surface area contributed by atoms with Gasteiger partial charge in [-0.25, -0.2) is 0 Å². The number of rotatable bonds is 3. The highest BCUT2D eigenvalue weighted by Crippen LogP contribution is 2.21. The quantitative estimate of drug-likeness (QED) is 0.636. The molecule has 0 saturated heterocycles. The number of carbonyl (C=O) groups is 1. The summed E-state index contributed by atoms with van der Waals surface area (Å²) in [7, 11) is 1.85. The van der Waals surface area contributed by atoms with Crippen molar-refractivity contribution in [1.82, 2.24) is 9.78 Å². The number of aryl methyl sites for hydroxylation is 2. The van der Waals surface area contributed by atoms with Gasteiger partial charge in [0.15, 0.2) is 5.78 Å². The molecular weight excluding hydrogens is 312 g/mol. The van der Waals surface area contributed by atoms with Crippen LogP contribution in [0.5, 0.6) is 0 Å². The Balaban J connectivity index is 2.25. The number of allylic oxidation sites excluding steroid dienone is 1. The largest absolute Gasteiger partial charge is 0.289 e. The van der Waals surface area contributed by atoms with Gasteiger partial charge >= 0.3 is 0 Å². The Labute approximate surface area is 118 Å². The summed E-state index contributed by atoms with van der Waals surface area (Å²) in [5.41, 5.74) is 2.37. The van der Waals surface area contributed by atoms with Crippen molar-refractivity contribution < 1.29 is 4.79 Å². The molecule has 0 atom stereocenters. The van der Waals surface area contributed by atoms with Crippen molar-refractivity contribution in [3.63, 3.8) is 0 Å². The molecule has 3 nitrogen and oxygen atoms in total. The molecule has 0 bridgehead atoms. The molecule has 0 N–H and O–H groups in total. The molecule has 0 amide bonds. The SMILES string of the molecule is Cc1nn(C)c(C)c1C(=O)/C=C/c1cc(Br)cs1. The Morgan fingerprint density at radius 2 is 2.22 bits per heavy atom. The lowest BCUT2D eigenvalue weighted by molar-refractivity contribution is 0.104. The van der Waals surface area contributed by atoms with E-state index in [1.807, 2.05) is 38.4 Å². The van der Waals surface area contributed by atoms with Crippen LogP contribution in [0.2, 0.25) is 0 Å². The molecule has 18 heavy (non-hydrogen) atoms. The highest BCUT2D eigenvalue weighted by Gasteiger charge is 2.14. The van der Waals surface area contributed by atoms with Crippen LogP contribution in [0.3, 0.4) is 0 Å². The van der Waals surface area contributed by atoms with Crippen molar-refractivity contribution in [2.75, 3.05) is 0 Å². The molecular formula is C13H13BrN2OS. The summed E-state index contributed by atoms with van der Waals surface area (Å²) in [6.07, 6.45) is 3.44. The number of nitrogens with zero attached hydrogens (tertiary/aromatic N) is 2. The lowest BCUT2D eigenvalue weighted by Crippen LogP contribution is -1.99. The zero-order valence-corrected chi connectivity index (χ0v) is 12.8. The standard InChI is InChI=1S/C13H13BrN2OS/c1-8-13(9(2)16(3)15-8)12(17)5-4-11-6-10(14)7-18-11/h4-7H,1-3H3/b5-4+. The highest BCUT2D eigenvalue weighted by molar-refractivity contribution is 9.10. The van der Waals surface area contributed by atoms with Crippen molar-refractivity contribution in [2.45, 2.75) is 13.8 Å². The molecule has 5 heteroatoms. The molecule has 0 aliphatic carbocycles. The smallest absolute Gasteiger partial charge is 0.189 e. The van der Waals surface area contributed by atoms with Crippen molar-refractivity contribution in [2.24, 2.45) is 7.05 Å². The Morgan fingerprint density at radius 3 is 2.72 bits per heavy atom. The molecule has 2 rings (SSSR count). The van der Waals surface area contributed by atoms with Gasteiger partial charge in [-0.2, -0.15) is 5.10 Å². The average Bonchev–Trinajstić information content (AvgIpc) is 2.82. The van der Waals surface area contributed by atoms with E-state index >= 15 is 0 Å². The Kier molecular flexibility index (Phi) is 3.82. The predicted molar refractivity (Wildman–Crippen MR) is 78.1 cm³/mol. The minimum absolute atomic E-state index is 0.00243. The topological polar surface area (TPSA) is 34.9 Å². The maximum absolute atomic E-state index is 12.1. The van der Waals surface area contributed by atoms with Gasteiger partial charge in [-0.05, 0) is 48.0 Å². The molecule has 0 aliphatic rings. The summed E-state index contributed by atoms with van der Waals surface area (Å²) in [5, 5.41) is 6.24. The first kappa shape index (κ1) is 13.2. The van der Waals surface area contributed by atoms with Crippen LogP contribution in [0.1, 0.15) is 26.6 Å². The molecule has 0 radical (unpaired) electrons. The number of carbonyl (C=O) groups excluding carboxylic acids is 1. The zero-order chi connectivity index (χ0) is 13.3. The van der Waals surface area contributed by atoms with E-state index in [0.717, 1.165) is 20.7 Å². The van der Waals surface area contributed by atoms with Gasteiger partial charge < -0.3 is 0 Å². The molecule has 2 heterocycles. The van der Waals surface area contributed by atoms with Crippen LogP contribution in [-0.2, 0) is 7.05 Å². The molecule has 2 aromatic heterocycles. The minimum Gasteiger partial charge on any atom is -0.289 e. The first-order valence-electron chi connectivity index (χ1n) is 5.45. The van der Waals surface area contributed by atoms with E-state index in [0.29, 0.717) is 5.56 Å². The molecule has 0 spiro atoms. The van der Waals surface area contributed by atoms with E-state index < -0.39 is 0 Å². The first-order valence-corrected chi connectivity index (χ1v) is 7.13. The highest BCUT2D eigenvalue weighted by atomic mass is 79.9. The zero-order valence-electron chi connectivity index (χ0n) is 10.4. The van der Waals surface area contributed by atoms with E-state index in [4.69, 9.17) is 0 Å². The van der Waals surface area contributed by atoms with Gasteiger partial charge in [0.1, 0.15) is 0 Å². The van der Waals surface area contributed by atoms with E-state index in [1.165, 1.54) is 0 Å². The lowest BCUT2D eigenvalue weighted by atomic mass is 10.1. The summed E-state index contributed by atoms with van der Waals surface area (Å²) in [5.74, 6) is 0.00243.